The van der Waals surface area contributed by atoms with Gasteiger partial charge >= 0.3 is 5.97 Å². The summed E-state index contributed by atoms with van der Waals surface area (Å²) in [6.45, 7) is 3.20. The van der Waals surface area contributed by atoms with Crippen LogP contribution in [0.3, 0.4) is 0 Å². The third-order valence-corrected chi connectivity index (χ3v) is 4.22. The second kappa shape index (κ2) is 5.86. The molecule has 1 unspecified atom stereocenters. The zero-order chi connectivity index (χ0) is 13.8. The molecule has 0 aliphatic carbocycles. The van der Waals surface area contributed by atoms with Crippen LogP contribution in [-0.4, -0.2) is 24.7 Å². The summed E-state index contributed by atoms with van der Waals surface area (Å²) in [4.78, 5) is 10.7. The average Bonchev–Trinajstić information content (AvgIpc) is 2.30. The van der Waals surface area contributed by atoms with Gasteiger partial charge < -0.3 is 5.11 Å². The predicted octanol–water partition coefficient (Wildman–Crippen LogP) is 1.85. The first-order chi connectivity index (χ1) is 8.36. The number of carboxylic acid groups (broad SMARTS) is 1. The van der Waals surface area contributed by atoms with E-state index in [0.29, 0.717) is 5.69 Å². The molecule has 0 amide bonds. The van der Waals surface area contributed by atoms with Crippen LogP contribution in [0.2, 0.25) is 0 Å². The molecule has 0 saturated carbocycles. The van der Waals surface area contributed by atoms with Gasteiger partial charge in [0.2, 0.25) is 10.0 Å². The highest BCUT2D eigenvalue weighted by Gasteiger charge is 2.27. The first-order valence-electron chi connectivity index (χ1n) is 5.70. The first kappa shape index (κ1) is 14.5. The highest BCUT2D eigenvalue weighted by atomic mass is 32.2. The molecule has 0 aromatic heterocycles. The Hall–Kier alpha value is -1.56. The van der Waals surface area contributed by atoms with Crippen LogP contribution in [0.4, 0.5) is 5.69 Å². The van der Waals surface area contributed by atoms with Crippen LogP contribution >= 0.6 is 0 Å². The molecular weight excluding hydrogens is 254 g/mol. The maximum absolute atomic E-state index is 11.7. The molecule has 1 atom stereocenters. The Labute approximate surface area is 107 Å². The number of sulfonamides is 1. The maximum Gasteiger partial charge on any atom is 0.323 e. The zero-order valence-electron chi connectivity index (χ0n) is 10.4. The van der Waals surface area contributed by atoms with Crippen molar-refractivity contribution >= 4 is 21.7 Å². The predicted molar refractivity (Wildman–Crippen MR) is 70.1 cm³/mol. The number of carbonyl (C=O) groups is 1. The molecule has 2 N–H and O–H groups in total. The molecule has 1 rings (SSSR count). The summed E-state index contributed by atoms with van der Waals surface area (Å²) in [5.41, 5.74) is 1.50. The van der Waals surface area contributed by atoms with E-state index in [9.17, 15) is 13.2 Å². The number of hydrogen-bond acceptors (Lipinski definition) is 3. The number of carboxylic acids is 1. The van der Waals surface area contributed by atoms with Gasteiger partial charge in [0.25, 0.3) is 0 Å². The summed E-state index contributed by atoms with van der Waals surface area (Å²) in [6.07, 6.45) is 1.94. The molecule has 100 valence electrons. The summed E-state index contributed by atoms with van der Waals surface area (Å²) in [6, 6.07) is 6.92. The first-order valence-corrected chi connectivity index (χ1v) is 7.25. The van der Waals surface area contributed by atoms with Crippen molar-refractivity contribution < 1.29 is 18.3 Å². The van der Waals surface area contributed by atoms with E-state index in [-0.39, 0.29) is 0 Å². The number of hydrogen-bond donors (Lipinski definition) is 2. The van der Waals surface area contributed by atoms with E-state index >= 15 is 0 Å². The van der Waals surface area contributed by atoms with Gasteiger partial charge in [-0.05, 0) is 31.0 Å². The van der Waals surface area contributed by atoms with Crippen molar-refractivity contribution in [3.63, 3.8) is 0 Å². The number of anilines is 1. The second-order valence-corrected chi connectivity index (χ2v) is 6.08. The summed E-state index contributed by atoms with van der Waals surface area (Å²) in [7, 11) is -3.89. The van der Waals surface area contributed by atoms with Crippen LogP contribution in [0.25, 0.3) is 0 Å². The Morgan fingerprint density at radius 3 is 2.33 bits per heavy atom. The molecule has 0 aliphatic heterocycles. The minimum Gasteiger partial charge on any atom is -0.480 e. The lowest BCUT2D eigenvalue weighted by molar-refractivity contribution is -0.136. The molecule has 0 spiro atoms. The Kier molecular flexibility index (Phi) is 4.72. The van der Waals surface area contributed by atoms with Crippen LogP contribution in [0.15, 0.2) is 24.3 Å². The van der Waals surface area contributed by atoms with E-state index < -0.39 is 21.2 Å². The minimum absolute atomic E-state index is 0.378. The van der Waals surface area contributed by atoms with E-state index in [0.717, 1.165) is 25.3 Å². The van der Waals surface area contributed by atoms with E-state index in [2.05, 4.69) is 11.6 Å². The van der Waals surface area contributed by atoms with Crippen LogP contribution in [0.1, 0.15) is 25.8 Å². The number of benzene rings is 1. The number of rotatable bonds is 6. The highest BCUT2D eigenvalue weighted by Crippen LogP contribution is 2.14. The van der Waals surface area contributed by atoms with Crippen LogP contribution in [0, 0.1) is 0 Å². The Morgan fingerprint density at radius 1 is 1.33 bits per heavy atom. The summed E-state index contributed by atoms with van der Waals surface area (Å²) in [5, 5.41) is 7.21. The van der Waals surface area contributed by atoms with Gasteiger partial charge in [0.05, 0.1) is 0 Å². The topological polar surface area (TPSA) is 83.5 Å². The minimum atomic E-state index is -3.89. The third-order valence-electron chi connectivity index (χ3n) is 2.57. The zero-order valence-corrected chi connectivity index (χ0v) is 11.2. The Morgan fingerprint density at radius 2 is 1.89 bits per heavy atom. The fraction of sp³-hybridized carbons (Fsp3) is 0.417. The number of aryl methyl sites for hydroxylation is 1. The lowest BCUT2D eigenvalue weighted by Gasteiger charge is -2.11. The van der Waals surface area contributed by atoms with Gasteiger partial charge in [-0.2, -0.15) is 0 Å². The number of nitrogens with one attached hydrogen (secondary N) is 1. The molecule has 1 aromatic carbocycles. The lowest BCUT2D eigenvalue weighted by Crippen LogP contribution is -2.32. The Bertz CT molecular complexity index is 507. The standard InChI is InChI=1S/C12H17NO4S/c1-3-4-10-5-7-11(8-6-10)13-18(16,17)9(2)12(14)15/h5-9,13H,3-4H2,1-2H3,(H,14,15). The van der Waals surface area contributed by atoms with Crippen molar-refractivity contribution in [3.05, 3.63) is 29.8 Å². The number of aliphatic carboxylic acids is 1. The van der Waals surface area contributed by atoms with E-state index in [1.165, 1.54) is 0 Å². The van der Waals surface area contributed by atoms with Crippen molar-refractivity contribution in [2.45, 2.75) is 31.9 Å². The summed E-state index contributed by atoms with van der Waals surface area (Å²) >= 11 is 0. The van der Waals surface area contributed by atoms with Gasteiger partial charge in [-0.25, -0.2) is 8.42 Å². The van der Waals surface area contributed by atoms with Gasteiger partial charge in [-0.1, -0.05) is 25.5 Å². The SMILES string of the molecule is CCCc1ccc(NS(=O)(=O)C(C)C(=O)O)cc1. The van der Waals surface area contributed by atoms with Crippen molar-refractivity contribution in [2.24, 2.45) is 0 Å². The van der Waals surface area contributed by atoms with E-state index in [1.807, 2.05) is 12.1 Å². The van der Waals surface area contributed by atoms with Gasteiger partial charge in [-0.15, -0.1) is 0 Å². The normalized spacial score (nSPS) is 13.0. The fourth-order valence-electron chi connectivity index (χ4n) is 1.41. The quantitative estimate of drug-likeness (QED) is 0.827. The second-order valence-electron chi connectivity index (χ2n) is 4.07. The van der Waals surface area contributed by atoms with E-state index in [4.69, 9.17) is 5.11 Å². The van der Waals surface area contributed by atoms with Gasteiger partial charge in [-0.3, -0.25) is 9.52 Å². The molecular formula is C12H17NO4S. The third kappa shape index (κ3) is 3.73. The van der Waals surface area contributed by atoms with Crippen molar-refractivity contribution in [1.29, 1.82) is 0 Å². The monoisotopic (exact) mass is 271 g/mol. The van der Waals surface area contributed by atoms with E-state index in [1.54, 1.807) is 12.1 Å². The lowest BCUT2D eigenvalue weighted by atomic mass is 10.1. The van der Waals surface area contributed by atoms with Crippen LogP contribution < -0.4 is 4.72 Å². The summed E-state index contributed by atoms with van der Waals surface area (Å²) < 4.78 is 25.6. The molecule has 0 fully saturated rings. The van der Waals surface area contributed by atoms with Crippen molar-refractivity contribution in [2.75, 3.05) is 4.72 Å². The van der Waals surface area contributed by atoms with Crippen LogP contribution in [0.5, 0.6) is 0 Å². The largest absolute Gasteiger partial charge is 0.480 e. The molecule has 1 aromatic rings. The van der Waals surface area contributed by atoms with Gasteiger partial charge in [0.15, 0.2) is 5.25 Å². The van der Waals surface area contributed by atoms with Gasteiger partial charge in [0, 0.05) is 5.69 Å². The molecule has 18 heavy (non-hydrogen) atoms. The smallest absolute Gasteiger partial charge is 0.323 e. The highest BCUT2D eigenvalue weighted by molar-refractivity contribution is 7.94. The fourth-order valence-corrected chi connectivity index (χ4v) is 2.32. The molecule has 5 nitrogen and oxygen atoms in total. The Balaban J connectivity index is 2.81. The molecule has 0 bridgehead atoms. The molecule has 6 heteroatoms. The molecule has 0 heterocycles. The van der Waals surface area contributed by atoms with Gasteiger partial charge in [0.1, 0.15) is 0 Å². The van der Waals surface area contributed by atoms with Crippen LogP contribution in [-0.2, 0) is 21.2 Å². The van der Waals surface area contributed by atoms with Crippen molar-refractivity contribution in [1.82, 2.24) is 0 Å². The molecule has 0 saturated heterocycles. The molecule has 0 aliphatic rings. The average molecular weight is 271 g/mol. The van der Waals surface area contributed by atoms with Crippen molar-refractivity contribution in [3.8, 4) is 0 Å². The maximum atomic E-state index is 11.7. The molecule has 0 radical (unpaired) electrons. The summed E-state index contributed by atoms with van der Waals surface area (Å²) in [5.74, 6) is -1.37.